The molecule has 0 aromatic heterocycles. The smallest absolute Gasteiger partial charge is 0.300 e. The van der Waals surface area contributed by atoms with Crippen LogP contribution >= 0.6 is 0 Å². The molecular weight excluding hydrogens is 249 g/mol. The summed E-state index contributed by atoms with van der Waals surface area (Å²) < 4.78 is 0. The molecule has 5 heteroatoms. The molecule has 0 unspecified atom stereocenters. The van der Waals surface area contributed by atoms with Crippen LogP contribution in [-0.4, -0.2) is 71.0 Å². The first-order chi connectivity index (χ1) is 3.46. The fourth-order valence-electron chi connectivity index (χ4n) is 0. The Morgan fingerprint density at radius 3 is 1.00 bits per heavy atom. The predicted octanol–water partition coefficient (Wildman–Crippen LogP) is -0.199. The van der Waals surface area contributed by atoms with Gasteiger partial charge in [0.05, 0.1) is 0 Å². The van der Waals surface area contributed by atoms with Gasteiger partial charge in [-0.25, -0.2) is 0 Å². The molecule has 0 amide bonds. The Morgan fingerprint density at radius 2 is 1.00 bits per heavy atom. The van der Waals surface area contributed by atoms with Gasteiger partial charge in [-0.1, -0.05) is 0 Å². The normalized spacial score (nSPS) is 5.56. The van der Waals surface area contributed by atoms with Crippen LogP contribution in [0, 0.1) is 0 Å². The van der Waals surface area contributed by atoms with E-state index in [-0.39, 0.29) is 48.9 Å². The maximum Gasteiger partial charge on any atom is 0.300 e. The van der Waals surface area contributed by atoms with Crippen molar-refractivity contribution in [1.82, 2.24) is 0 Å². The van der Waals surface area contributed by atoms with Crippen LogP contribution < -0.4 is 0 Å². The Balaban J connectivity index is -0.0000000720. The minimum absolute atomic E-state index is 0. The van der Waals surface area contributed by atoms with Crippen molar-refractivity contribution in [3.05, 3.63) is 0 Å². The molecule has 0 aromatic carbocycles. The molecule has 0 aliphatic rings. The monoisotopic (exact) mass is 258 g/mol. The van der Waals surface area contributed by atoms with E-state index >= 15 is 0 Å². The summed E-state index contributed by atoms with van der Waals surface area (Å²) in [6, 6.07) is 0. The topological polar surface area (TPSA) is 74.6 Å². The molecule has 0 aliphatic heterocycles. The third kappa shape index (κ3) is 1380. The van der Waals surface area contributed by atoms with Gasteiger partial charge in [0, 0.05) is 62.7 Å². The minimum atomic E-state index is -0.833. The molecule has 0 rings (SSSR count). The van der Waals surface area contributed by atoms with Crippen molar-refractivity contribution >= 4 is 60.8 Å². The molecule has 4 nitrogen and oxygen atoms in total. The molecule has 2 radical (unpaired) electrons. The number of hydrogen-bond acceptors (Lipinski definition) is 2. The second-order valence-corrected chi connectivity index (χ2v) is 1.04. The zero-order valence-corrected chi connectivity index (χ0v) is 9.86. The molecule has 2 N–H and O–H groups in total. The Morgan fingerprint density at radius 1 is 1.00 bits per heavy atom. The van der Waals surface area contributed by atoms with Crippen molar-refractivity contribution in [2.24, 2.45) is 0 Å². The van der Waals surface area contributed by atoms with Gasteiger partial charge < -0.3 is 10.2 Å². The summed E-state index contributed by atoms with van der Waals surface area (Å²) in [5, 5.41) is 14.8. The first-order valence-electron chi connectivity index (χ1n) is 1.86. The molecule has 0 heterocycles. The van der Waals surface area contributed by atoms with E-state index in [4.69, 9.17) is 19.8 Å². The van der Waals surface area contributed by atoms with E-state index in [1.165, 1.54) is 0 Å². The van der Waals surface area contributed by atoms with Crippen molar-refractivity contribution in [3.8, 4) is 0 Å². The van der Waals surface area contributed by atoms with Gasteiger partial charge in [-0.05, 0) is 0 Å². The van der Waals surface area contributed by atoms with Crippen molar-refractivity contribution in [2.75, 3.05) is 0 Å². The molecule has 9 heavy (non-hydrogen) atoms. The Labute approximate surface area is 93.3 Å². The number of rotatable bonds is 0. The summed E-state index contributed by atoms with van der Waals surface area (Å²) in [5.74, 6) is -1.67. The van der Waals surface area contributed by atoms with E-state index in [1.54, 1.807) is 0 Å². The number of carbonyl (C=O) groups is 2. The van der Waals surface area contributed by atoms with Crippen LogP contribution in [0.5, 0.6) is 0 Å². The molecule has 0 aliphatic carbocycles. The van der Waals surface area contributed by atoms with E-state index in [9.17, 15) is 0 Å². The first-order valence-corrected chi connectivity index (χ1v) is 1.86. The van der Waals surface area contributed by atoms with Crippen LogP contribution in [0.1, 0.15) is 13.8 Å². The summed E-state index contributed by atoms with van der Waals surface area (Å²) in [6.07, 6.45) is 0. The largest absolute Gasteiger partial charge is 0.481 e. The summed E-state index contributed by atoms with van der Waals surface area (Å²) in [5.41, 5.74) is 0. The van der Waals surface area contributed by atoms with Gasteiger partial charge in [-0.3, -0.25) is 9.59 Å². The zero-order valence-electron chi connectivity index (χ0n) is 5.42. The fourth-order valence-corrected chi connectivity index (χ4v) is 0. The van der Waals surface area contributed by atoms with Crippen molar-refractivity contribution in [1.29, 1.82) is 0 Å². The Kier molecular flexibility index (Phi) is 20.5. The van der Waals surface area contributed by atoms with Crippen LogP contribution in [0.25, 0.3) is 0 Å². The summed E-state index contributed by atoms with van der Waals surface area (Å²) in [6.45, 7) is 2.17. The maximum absolute atomic E-state index is 9.00. The molecule has 0 aromatic rings. The number of aliphatic carboxylic acids is 2. The van der Waals surface area contributed by atoms with E-state index in [0.29, 0.717) is 0 Å². The predicted molar refractivity (Wildman–Crippen MR) is 32.4 cm³/mol. The molecular formula is C4H8BaO4. The molecule has 0 saturated heterocycles. The number of hydrogen-bond donors (Lipinski definition) is 2. The van der Waals surface area contributed by atoms with Gasteiger partial charge in [-0.2, -0.15) is 0 Å². The molecule has 50 valence electrons. The summed E-state index contributed by atoms with van der Waals surface area (Å²) in [7, 11) is 0. The molecule has 0 spiro atoms. The molecule has 0 atom stereocenters. The molecule has 0 bridgehead atoms. The SMILES string of the molecule is CC(=O)O.CC(=O)O.[Ba]. The van der Waals surface area contributed by atoms with E-state index in [2.05, 4.69) is 0 Å². The number of carboxylic acids is 2. The average molecular weight is 257 g/mol. The van der Waals surface area contributed by atoms with Gasteiger partial charge in [-0.15, -0.1) is 0 Å². The quantitative estimate of drug-likeness (QED) is 0.590. The summed E-state index contributed by atoms with van der Waals surface area (Å²) in [4.78, 5) is 18.0. The van der Waals surface area contributed by atoms with Gasteiger partial charge in [0.25, 0.3) is 11.9 Å². The average Bonchev–Trinajstić information content (AvgIpc) is 1.25. The van der Waals surface area contributed by atoms with Crippen LogP contribution in [0.3, 0.4) is 0 Å². The van der Waals surface area contributed by atoms with Gasteiger partial charge in [0.2, 0.25) is 0 Å². The van der Waals surface area contributed by atoms with Crippen LogP contribution in [-0.2, 0) is 9.59 Å². The van der Waals surface area contributed by atoms with Crippen molar-refractivity contribution < 1.29 is 19.8 Å². The first kappa shape index (κ1) is 16.3. The van der Waals surface area contributed by atoms with Gasteiger partial charge in [0.1, 0.15) is 0 Å². The number of carboxylic acid groups (broad SMARTS) is 2. The van der Waals surface area contributed by atoms with Crippen LogP contribution in [0.15, 0.2) is 0 Å². The van der Waals surface area contributed by atoms with E-state index < -0.39 is 11.9 Å². The fraction of sp³-hybridized carbons (Fsp3) is 0.500. The van der Waals surface area contributed by atoms with Gasteiger partial charge in [0.15, 0.2) is 0 Å². The summed E-state index contributed by atoms with van der Waals surface area (Å²) >= 11 is 0. The van der Waals surface area contributed by atoms with Crippen LogP contribution in [0.2, 0.25) is 0 Å². The Hall–Kier alpha value is 0.511. The second-order valence-electron chi connectivity index (χ2n) is 1.04. The third-order valence-electron chi connectivity index (χ3n) is 0. The zero-order chi connectivity index (χ0) is 7.15. The Bertz CT molecular complexity index is 70.6. The maximum atomic E-state index is 9.00. The van der Waals surface area contributed by atoms with E-state index in [1.807, 2.05) is 0 Å². The van der Waals surface area contributed by atoms with Gasteiger partial charge >= 0.3 is 0 Å². The van der Waals surface area contributed by atoms with Crippen molar-refractivity contribution in [3.63, 3.8) is 0 Å². The molecule has 0 fully saturated rings. The molecule has 0 saturated carbocycles. The second kappa shape index (κ2) is 11.3. The standard InChI is InChI=1S/2C2H4O2.Ba/c2*1-2(3)4;/h2*1H3,(H,3,4);. The third-order valence-corrected chi connectivity index (χ3v) is 0. The minimum Gasteiger partial charge on any atom is -0.481 e. The van der Waals surface area contributed by atoms with E-state index in [0.717, 1.165) is 13.8 Å². The van der Waals surface area contributed by atoms with Crippen molar-refractivity contribution in [2.45, 2.75) is 13.8 Å². The van der Waals surface area contributed by atoms with Crippen LogP contribution in [0.4, 0.5) is 0 Å².